The van der Waals surface area contributed by atoms with Gasteiger partial charge in [-0.05, 0) is 61.1 Å². The average molecular weight is 504 g/mol. The fourth-order valence-corrected chi connectivity index (χ4v) is 4.10. The maximum atomic E-state index is 11.2. The molecule has 194 valence electrons. The zero-order valence-corrected chi connectivity index (χ0v) is 20.8. The molecule has 4 aromatic rings. The molecule has 0 radical (unpaired) electrons. The summed E-state index contributed by atoms with van der Waals surface area (Å²) in [6, 6.07) is 17.1. The number of benzene rings is 2. The predicted molar refractivity (Wildman–Crippen MR) is 142 cm³/mol. The molecule has 1 aliphatic carbocycles. The van der Waals surface area contributed by atoms with Crippen LogP contribution in [0, 0.1) is 5.92 Å². The summed E-state index contributed by atoms with van der Waals surface area (Å²) >= 11 is 0. The van der Waals surface area contributed by atoms with E-state index >= 15 is 0 Å². The molecule has 9 heteroatoms. The minimum atomic E-state index is -0.609. The molecule has 1 unspecified atom stereocenters. The Morgan fingerprint density at radius 1 is 1.14 bits per heavy atom. The number of rotatable bonds is 14. The van der Waals surface area contributed by atoms with Crippen molar-refractivity contribution >= 4 is 11.0 Å². The third-order valence-electron chi connectivity index (χ3n) is 6.46. The second-order valence-corrected chi connectivity index (χ2v) is 9.53. The Morgan fingerprint density at radius 2 is 2.00 bits per heavy atom. The van der Waals surface area contributed by atoms with Crippen molar-refractivity contribution in [2.24, 2.45) is 5.92 Å². The molecule has 0 saturated heterocycles. The van der Waals surface area contributed by atoms with Crippen molar-refractivity contribution in [3.8, 4) is 17.0 Å². The molecule has 3 N–H and O–H groups in total. The van der Waals surface area contributed by atoms with Crippen molar-refractivity contribution in [2.45, 2.75) is 31.9 Å². The van der Waals surface area contributed by atoms with Gasteiger partial charge in [0, 0.05) is 37.9 Å². The lowest BCUT2D eigenvalue weighted by atomic mass is 10.1. The van der Waals surface area contributed by atoms with Gasteiger partial charge in [-0.25, -0.2) is 10.1 Å². The summed E-state index contributed by atoms with van der Waals surface area (Å²) in [4.78, 5) is 15.7. The van der Waals surface area contributed by atoms with Gasteiger partial charge in [-0.15, -0.1) is 0 Å². The van der Waals surface area contributed by atoms with E-state index in [9.17, 15) is 9.90 Å². The topological polar surface area (TPSA) is 114 Å². The van der Waals surface area contributed by atoms with Crippen molar-refractivity contribution in [1.29, 1.82) is 0 Å². The number of nitrogens with one attached hydrogen (secondary N) is 2. The highest BCUT2D eigenvalue weighted by molar-refractivity contribution is 5.81. The Balaban J connectivity index is 1.01. The zero-order chi connectivity index (χ0) is 25.5. The minimum Gasteiger partial charge on any atom is -0.491 e. The lowest BCUT2D eigenvalue weighted by molar-refractivity contribution is 0.106. The summed E-state index contributed by atoms with van der Waals surface area (Å²) in [6.45, 7) is 3.71. The van der Waals surface area contributed by atoms with Gasteiger partial charge in [0.15, 0.2) is 0 Å². The Kier molecular flexibility index (Phi) is 8.25. The van der Waals surface area contributed by atoms with Gasteiger partial charge in [0.05, 0.1) is 29.7 Å². The number of aromatic nitrogens is 4. The van der Waals surface area contributed by atoms with Crippen LogP contribution in [-0.2, 0) is 17.7 Å². The van der Waals surface area contributed by atoms with E-state index in [0.717, 1.165) is 47.9 Å². The SMILES string of the molecule is O=c1ccc(-c2ccc3c(c2)ncn3CCNCC(O)COc2ccc(CCOCC3CC3)cc2)n[nH]1. The standard InChI is InChI=1S/C28H33N5O4/c34-23(18-37-24-6-3-20(4-7-24)11-14-36-17-21-1-2-21)16-29-12-13-33-19-30-26-15-22(5-9-27(26)33)25-8-10-28(35)32-31-25/h3-10,15,19,21,23,29,34H,1-2,11-14,16-18H2,(H,32,35). The molecule has 0 aliphatic heterocycles. The van der Waals surface area contributed by atoms with E-state index in [4.69, 9.17) is 9.47 Å². The van der Waals surface area contributed by atoms with E-state index in [1.54, 1.807) is 12.4 Å². The van der Waals surface area contributed by atoms with Gasteiger partial charge in [-0.2, -0.15) is 5.10 Å². The number of aliphatic hydroxyl groups excluding tert-OH is 1. The Hall–Kier alpha value is -3.53. The van der Waals surface area contributed by atoms with Gasteiger partial charge in [0.25, 0.3) is 5.56 Å². The highest BCUT2D eigenvalue weighted by Crippen LogP contribution is 2.28. The number of H-pyrrole nitrogens is 1. The molecule has 0 spiro atoms. The Labute approximate surface area is 215 Å². The molecule has 0 amide bonds. The molecule has 2 heterocycles. The van der Waals surface area contributed by atoms with E-state index in [2.05, 4.69) is 37.2 Å². The van der Waals surface area contributed by atoms with Gasteiger partial charge < -0.3 is 24.5 Å². The summed E-state index contributed by atoms with van der Waals surface area (Å²) in [6.07, 6.45) is 4.73. The van der Waals surface area contributed by atoms with Gasteiger partial charge in [-0.3, -0.25) is 4.79 Å². The molecule has 1 fully saturated rings. The van der Waals surface area contributed by atoms with Crippen molar-refractivity contribution < 1.29 is 14.6 Å². The third kappa shape index (κ3) is 7.25. The van der Waals surface area contributed by atoms with Gasteiger partial charge >= 0.3 is 0 Å². The molecule has 1 atom stereocenters. The number of fused-ring (bicyclic) bond motifs is 1. The number of hydrogen-bond acceptors (Lipinski definition) is 7. The maximum Gasteiger partial charge on any atom is 0.264 e. The number of aromatic amines is 1. The number of nitrogens with zero attached hydrogens (tertiary/aromatic N) is 3. The first-order valence-corrected chi connectivity index (χ1v) is 12.8. The highest BCUT2D eigenvalue weighted by Gasteiger charge is 2.20. The van der Waals surface area contributed by atoms with Crippen LogP contribution in [-0.4, -0.2) is 63.9 Å². The third-order valence-corrected chi connectivity index (χ3v) is 6.46. The van der Waals surface area contributed by atoms with Gasteiger partial charge in [0.1, 0.15) is 18.5 Å². The molecule has 0 bridgehead atoms. The van der Waals surface area contributed by atoms with Crippen LogP contribution in [0.2, 0.25) is 0 Å². The van der Waals surface area contributed by atoms with Crippen LogP contribution in [0.1, 0.15) is 18.4 Å². The number of aliphatic hydroxyl groups is 1. The quantitative estimate of drug-likeness (QED) is 0.227. The normalized spacial score (nSPS) is 14.2. The first-order valence-electron chi connectivity index (χ1n) is 12.8. The van der Waals surface area contributed by atoms with E-state index < -0.39 is 6.10 Å². The summed E-state index contributed by atoms with van der Waals surface area (Å²) < 4.78 is 13.5. The monoisotopic (exact) mass is 503 g/mol. The largest absolute Gasteiger partial charge is 0.491 e. The van der Waals surface area contributed by atoms with Crippen molar-refractivity contribution in [3.05, 3.63) is 76.8 Å². The second kappa shape index (κ2) is 12.1. The fourth-order valence-electron chi connectivity index (χ4n) is 4.10. The lowest BCUT2D eigenvalue weighted by Gasteiger charge is -2.14. The van der Waals surface area contributed by atoms with Crippen LogP contribution in [0.15, 0.2) is 65.7 Å². The maximum absolute atomic E-state index is 11.2. The summed E-state index contributed by atoms with van der Waals surface area (Å²) in [7, 11) is 0. The van der Waals surface area contributed by atoms with Crippen LogP contribution in [0.3, 0.4) is 0 Å². The molecular formula is C28H33N5O4. The molecule has 9 nitrogen and oxygen atoms in total. The van der Waals surface area contributed by atoms with Crippen LogP contribution in [0.5, 0.6) is 5.75 Å². The average Bonchev–Trinajstić information content (AvgIpc) is 3.67. The first-order chi connectivity index (χ1) is 18.1. The summed E-state index contributed by atoms with van der Waals surface area (Å²) in [5, 5.41) is 20.1. The smallest absolute Gasteiger partial charge is 0.264 e. The molecule has 2 aromatic carbocycles. The molecule has 1 aliphatic rings. The first kappa shape index (κ1) is 25.1. The zero-order valence-electron chi connectivity index (χ0n) is 20.8. The lowest BCUT2D eigenvalue weighted by Crippen LogP contribution is -2.33. The van der Waals surface area contributed by atoms with Crippen LogP contribution < -0.4 is 15.6 Å². The molecule has 2 aromatic heterocycles. The second-order valence-electron chi connectivity index (χ2n) is 9.53. The minimum absolute atomic E-state index is 0.229. The molecule has 1 saturated carbocycles. The Morgan fingerprint density at radius 3 is 2.78 bits per heavy atom. The number of imidazole rings is 1. The number of hydrogen-bond donors (Lipinski definition) is 3. The van der Waals surface area contributed by atoms with Gasteiger partial charge in [0.2, 0.25) is 0 Å². The highest BCUT2D eigenvalue weighted by atomic mass is 16.5. The molecular weight excluding hydrogens is 470 g/mol. The number of ether oxygens (including phenoxy) is 2. The van der Waals surface area contributed by atoms with E-state index in [-0.39, 0.29) is 12.2 Å². The van der Waals surface area contributed by atoms with Crippen molar-refractivity contribution in [2.75, 3.05) is 32.9 Å². The van der Waals surface area contributed by atoms with E-state index in [0.29, 0.717) is 25.3 Å². The fraction of sp³-hybridized carbons (Fsp3) is 0.393. The molecule has 5 rings (SSSR count). The van der Waals surface area contributed by atoms with Gasteiger partial charge in [-0.1, -0.05) is 18.2 Å². The summed E-state index contributed by atoms with van der Waals surface area (Å²) in [5.74, 6) is 1.55. The Bertz CT molecular complexity index is 1330. The van der Waals surface area contributed by atoms with Crippen LogP contribution in [0.25, 0.3) is 22.3 Å². The van der Waals surface area contributed by atoms with Crippen molar-refractivity contribution in [3.63, 3.8) is 0 Å². The van der Waals surface area contributed by atoms with E-state index in [1.807, 2.05) is 30.3 Å². The van der Waals surface area contributed by atoms with Crippen LogP contribution >= 0.6 is 0 Å². The van der Waals surface area contributed by atoms with E-state index in [1.165, 1.54) is 24.5 Å². The van der Waals surface area contributed by atoms with Crippen LogP contribution in [0.4, 0.5) is 0 Å². The summed E-state index contributed by atoms with van der Waals surface area (Å²) in [5.41, 5.74) is 4.45. The molecule has 37 heavy (non-hydrogen) atoms. The predicted octanol–water partition coefficient (Wildman–Crippen LogP) is 2.79. The van der Waals surface area contributed by atoms with Crippen molar-refractivity contribution in [1.82, 2.24) is 25.1 Å².